The van der Waals surface area contributed by atoms with E-state index in [0.29, 0.717) is 0 Å². The van der Waals surface area contributed by atoms with Gasteiger partial charge in [-0.15, -0.1) is 0 Å². The van der Waals surface area contributed by atoms with Gasteiger partial charge >= 0.3 is 0 Å². The summed E-state index contributed by atoms with van der Waals surface area (Å²) in [4.78, 5) is 8.17. The van der Waals surface area contributed by atoms with Crippen LogP contribution >= 0.6 is 0 Å². The fourth-order valence-electron chi connectivity index (χ4n) is 15.0. The van der Waals surface area contributed by atoms with Crippen molar-refractivity contribution < 1.29 is 4.42 Å². The van der Waals surface area contributed by atoms with E-state index in [1.807, 2.05) is 0 Å². The SMILES string of the molecule is CC(C)(C)c1ccc2c(c1)B1c3cc(C(C)(C)C)ccc3N(c3cccc4c3-c3ccccc3C4(C)C)c3cc(N4c5ccc(C(C)(C)C)cc5C5(C)CCCCC45C)cc(c31)N2c1ccc2oc3ccccc3c2c1. The maximum Gasteiger partial charge on any atom is 0.252 e. The topological polar surface area (TPSA) is 22.9 Å². The average molecular weight is 994 g/mol. The van der Waals surface area contributed by atoms with E-state index in [4.69, 9.17) is 4.42 Å². The minimum absolute atomic E-state index is 0.0287. The summed E-state index contributed by atoms with van der Waals surface area (Å²) < 4.78 is 6.55. The summed E-state index contributed by atoms with van der Waals surface area (Å²) >= 11 is 0. The molecule has 1 aromatic heterocycles. The van der Waals surface area contributed by atoms with E-state index in [0.717, 1.165) is 40.5 Å². The molecule has 4 heterocycles. The van der Waals surface area contributed by atoms with Gasteiger partial charge in [-0.2, -0.15) is 0 Å². The zero-order valence-corrected chi connectivity index (χ0v) is 47.1. The second-order valence-corrected chi connectivity index (χ2v) is 27.3. The Labute approximate surface area is 451 Å². The minimum Gasteiger partial charge on any atom is -0.456 e. The molecule has 9 aromatic rings. The highest BCUT2D eigenvalue weighted by Crippen LogP contribution is 2.63. The number of nitrogens with zero attached hydrogens (tertiary/aromatic N) is 3. The largest absolute Gasteiger partial charge is 0.456 e. The molecule has 0 saturated heterocycles. The lowest BCUT2D eigenvalue weighted by Gasteiger charge is -2.51. The molecule has 0 spiro atoms. The van der Waals surface area contributed by atoms with E-state index in [2.05, 4.69) is 256 Å². The second-order valence-electron chi connectivity index (χ2n) is 27.3. The number of fused-ring (bicyclic) bond motifs is 13. The van der Waals surface area contributed by atoms with Crippen molar-refractivity contribution in [2.24, 2.45) is 0 Å². The van der Waals surface area contributed by atoms with Gasteiger partial charge in [-0.3, -0.25) is 0 Å². The standard InChI is InChI=1S/C71H72BN3O/c1-66(2,3)43-27-31-56-53(37-43)70(12)35-18-19-36-71(70,13)75(56)47-41-60-65-61(42-47)74(59-25-20-24-52-64(59)49-22-14-16-23-51(49)69(52,10)11)58-33-29-45(68(7,8)9)39-55(58)72(65)54-38-44(67(4,5)6)28-32-57(54)73(60)46-30-34-63-50(40-46)48-21-15-17-26-62(48)76-63/h14-17,20-34,37-42H,18-19,35-36H2,1-13H3. The van der Waals surface area contributed by atoms with Gasteiger partial charge in [-0.05, 0) is 152 Å². The van der Waals surface area contributed by atoms with Crippen molar-refractivity contribution in [2.45, 2.75) is 148 Å². The molecule has 4 nitrogen and oxygen atoms in total. The van der Waals surface area contributed by atoms with Crippen LogP contribution < -0.4 is 31.1 Å². The van der Waals surface area contributed by atoms with Crippen LogP contribution in [0.3, 0.4) is 0 Å². The van der Waals surface area contributed by atoms with E-state index in [1.165, 1.54) is 114 Å². The first kappa shape index (κ1) is 47.5. The number of hydrogen-bond acceptors (Lipinski definition) is 4. The molecule has 3 aliphatic heterocycles. The van der Waals surface area contributed by atoms with Gasteiger partial charge in [0, 0.05) is 67.0 Å². The van der Waals surface area contributed by atoms with E-state index in [-0.39, 0.29) is 39.3 Å². The summed E-state index contributed by atoms with van der Waals surface area (Å²) in [6.45, 7) is 31.3. The lowest BCUT2D eigenvalue weighted by molar-refractivity contribution is 0.195. The van der Waals surface area contributed by atoms with Gasteiger partial charge in [0.15, 0.2) is 0 Å². The molecular formula is C71H72BN3O. The molecule has 14 rings (SSSR count). The van der Waals surface area contributed by atoms with Crippen molar-refractivity contribution in [2.75, 3.05) is 14.7 Å². The summed E-state index contributed by atoms with van der Waals surface area (Å²) in [7, 11) is 0. The Balaban J connectivity index is 1.14. The third-order valence-corrected chi connectivity index (χ3v) is 19.5. The average Bonchev–Trinajstić information content (AvgIpc) is 4.06. The third kappa shape index (κ3) is 6.44. The molecule has 0 radical (unpaired) electrons. The Hall–Kier alpha value is -6.98. The molecule has 5 heteroatoms. The monoisotopic (exact) mass is 994 g/mol. The van der Waals surface area contributed by atoms with Gasteiger partial charge in [-0.1, -0.05) is 187 Å². The van der Waals surface area contributed by atoms with Gasteiger partial charge in [-0.25, -0.2) is 0 Å². The number of benzene rings is 8. The van der Waals surface area contributed by atoms with Crippen molar-refractivity contribution in [3.05, 3.63) is 185 Å². The summed E-state index contributed by atoms with van der Waals surface area (Å²) in [5, 5.41) is 2.27. The van der Waals surface area contributed by atoms with Crippen LogP contribution in [0, 0.1) is 0 Å². The highest BCUT2D eigenvalue weighted by atomic mass is 16.3. The van der Waals surface area contributed by atoms with E-state index < -0.39 is 0 Å². The smallest absolute Gasteiger partial charge is 0.252 e. The first-order valence-corrected chi connectivity index (χ1v) is 28.2. The summed E-state index contributed by atoms with van der Waals surface area (Å²) in [6, 6.07) is 59.4. The minimum atomic E-state index is -0.173. The van der Waals surface area contributed by atoms with Crippen LogP contribution in [0.15, 0.2) is 156 Å². The highest BCUT2D eigenvalue weighted by Gasteiger charge is 2.58. The van der Waals surface area contributed by atoms with Gasteiger partial charge in [0.05, 0.1) is 11.2 Å². The molecule has 2 aliphatic carbocycles. The van der Waals surface area contributed by atoms with Crippen LogP contribution in [0.5, 0.6) is 0 Å². The number of para-hydroxylation sites is 1. The van der Waals surface area contributed by atoms with Crippen LogP contribution in [0.1, 0.15) is 149 Å². The number of hydrogen-bond donors (Lipinski definition) is 0. The quantitative estimate of drug-likeness (QED) is 0.165. The lowest BCUT2D eigenvalue weighted by Crippen LogP contribution is -2.62. The van der Waals surface area contributed by atoms with Crippen molar-refractivity contribution in [3.8, 4) is 11.1 Å². The molecule has 0 bridgehead atoms. The van der Waals surface area contributed by atoms with Crippen molar-refractivity contribution in [3.63, 3.8) is 0 Å². The van der Waals surface area contributed by atoms with E-state index in [9.17, 15) is 0 Å². The van der Waals surface area contributed by atoms with E-state index >= 15 is 0 Å². The molecule has 1 saturated carbocycles. The maximum absolute atomic E-state index is 6.55. The van der Waals surface area contributed by atoms with Crippen LogP contribution in [0.4, 0.5) is 45.5 Å². The molecule has 76 heavy (non-hydrogen) atoms. The molecule has 2 atom stereocenters. The fourth-order valence-corrected chi connectivity index (χ4v) is 15.0. The first-order valence-electron chi connectivity index (χ1n) is 28.2. The lowest BCUT2D eigenvalue weighted by atomic mass is 9.33. The Morgan fingerprint density at radius 3 is 1.72 bits per heavy atom. The number of rotatable bonds is 3. The maximum atomic E-state index is 6.55. The molecule has 5 aliphatic rings. The summed E-state index contributed by atoms with van der Waals surface area (Å²) in [5.74, 6) is 0. The fraction of sp³-hybridized carbons (Fsp3) is 0.324. The summed E-state index contributed by atoms with van der Waals surface area (Å²) in [6.07, 6.45) is 4.72. The molecule has 2 unspecified atom stereocenters. The number of anilines is 8. The Morgan fingerprint density at radius 2 is 1.03 bits per heavy atom. The molecule has 8 aromatic carbocycles. The zero-order chi connectivity index (χ0) is 52.8. The van der Waals surface area contributed by atoms with Crippen LogP contribution in [-0.4, -0.2) is 12.3 Å². The Morgan fingerprint density at radius 1 is 0.447 bits per heavy atom. The molecular weight excluding hydrogens is 922 g/mol. The molecule has 380 valence electrons. The Bertz CT molecular complexity index is 3950. The van der Waals surface area contributed by atoms with Gasteiger partial charge < -0.3 is 19.1 Å². The highest BCUT2D eigenvalue weighted by molar-refractivity contribution is 7.00. The van der Waals surface area contributed by atoms with Crippen LogP contribution in [-0.2, 0) is 27.1 Å². The van der Waals surface area contributed by atoms with E-state index in [1.54, 1.807) is 0 Å². The predicted octanol–water partition coefficient (Wildman–Crippen LogP) is 17.6. The molecule has 0 amide bonds. The predicted molar refractivity (Wildman–Crippen MR) is 324 cm³/mol. The van der Waals surface area contributed by atoms with Crippen LogP contribution in [0.25, 0.3) is 33.1 Å². The van der Waals surface area contributed by atoms with Gasteiger partial charge in [0.25, 0.3) is 6.71 Å². The van der Waals surface area contributed by atoms with Crippen LogP contribution in [0.2, 0.25) is 0 Å². The van der Waals surface area contributed by atoms with Crippen molar-refractivity contribution in [1.82, 2.24) is 0 Å². The summed E-state index contributed by atoms with van der Waals surface area (Å²) in [5.41, 5.74) is 26.3. The van der Waals surface area contributed by atoms with Gasteiger partial charge in [0.1, 0.15) is 11.2 Å². The molecule has 0 N–H and O–H groups in total. The zero-order valence-electron chi connectivity index (χ0n) is 47.1. The van der Waals surface area contributed by atoms with Crippen molar-refractivity contribution >= 4 is 90.5 Å². The van der Waals surface area contributed by atoms with Crippen molar-refractivity contribution in [1.29, 1.82) is 0 Å². The number of furan rings is 1. The molecule has 1 fully saturated rings. The first-order chi connectivity index (χ1) is 36.1. The normalized spacial score (nSPS) is 20.1. The Kier molecular flexibility index (Phi) is 9.74. The third-order valence-electron chi connectivity index (χ3n) is 19.5. The second kappa shape index (κ2) is 15.6. The van der Waals surface area contributed by atoms with Gasteiger partial charge in [0.2, 0.25) is 0 Å².